The van der Waals surface area contributed by atoms with Crippen LogP contribution in [0.25, 0.3) is 0 Å². The van der Waals surface area contributed by atoms with E-state index in [0.29, 0.717) is 13.1 Å². The quantitative estimate of drug-likeness (QED) is 0.805. The van der Waals surface area contributed by atoms with Gasteiger partial charge in [-0.15, -0.1) is 0 Å². The molecule has 0 bridgehead atoms. The lowest BCUT2D eigenvalue weighted by Crippen LogP contribution is -2.32. The van der Waals surface area contributed by atoms with Gasteiger partial charge in [0.05, 0.1) is 5.56 Å². The lowest BCUT2D eigenvalue weighted by Gasteiger charge is -2.15. The second kappa shape index (κ2) is 5.21. The van der Waals surface area contributed by atoms with E-state index in [-0.39, 0.29) is 5.41 Å². The van der Waals surface area contributed by atoms with Crippen molar-refractivity contribution in [2.45, 2.75) is 19.3 Å². The summed E-state index contributed by atoms with van der Waals surface area (Å²) in [5.41, 5.74) is 4.98. The molecule has 3 nitrogen and oxygen atoms in total. The molecule has 1 aliphatic carbocycles. The summed E-state index contributed by atoms with van der Waals surface area (Å²) in [6, 6.07) is 1.67. The molecular weight excluding hydrogens is 257 g/mol. The molecule has 0 spiro atoms. The zero-order valence-electron chi connectivity index (χ0n) is 10.3. The number of halogens is 3. The van der Waals surface area contributed by atoms with Crippen LogP contribution in [0.5, 0.6) is 0 Å². The smallest absolute Gasteiger partial charge is 0.254 e. The fraction of sp³-hybridized carbons (Fsp3) is 0.462. The minimum absolute atomic E-state index is 0.000535. The van der Waals surface area contributed by atoms with Gasteiger partial charge in [0.15, 0.2) is 17.5 Å². The first kappa shape index (κ1) is 13.9. The van der Waals surface area contributed by atoms with Crippen molar-refractivity contribution in [3.05, 3.63) is 35.1 Å². The maximum atomic E-state index is 13.4. The van der Waals surface area contributed by atoms with Crippen molar-refractivity contribution in [1.29, 1.82) is 0 Å². The predicted molar refractivity (Wildman–Crippen MR) is 64.0 cm³/mol. The molecule has 1 amide bonds. The monoisotopic (exact) mass is 272 g/mol. The van der Waals surface area contributed by atoms with Crippen molar-refractivity contribution in [1.82, 2.24) is 5.32 Å². The first-order chi connectivity index (χ1) is 8.99. The van der Waals surface area contributed by atoms with E-state index in [0.717, 1.165) is 31.4 Å². The van der Waals surface area contributed by atoms with Gasteiger partial charge in [-0.1, -0.05) is 0 Å². The van der Waals surface area contributed by atoms with E-state index in [2.05, 4.69) is 5.32 Å². The summed E-state index contributed by atoms with van der Waals surface area (Å²) in [7, 11) is 0. The minimum Gasteiger partial charge on any atom is -0.351 e. The average Bonchev–Trinajstić information content (AvgIpc) is 3.14. The Bertz CT molecular complexity index is 501. The molecule has 0 aliphatic heterocycles. The Labute approximate surface area is 109 Å². The van der Waals surface area contributed by atoms with Crippen LogP contribution in [0.1, 0.15) is 29.6 Å². The van der Waals surface area contributed by atoms with Crippen molar-refractivity contribution in [2.75, 3.05) is 13.1 Å². The lowest BCUT2D eigenvalue weighted by molar-refractivity contribution is 0.0938. The van der Waals surface area contributed by atoms with Gasteiger partial charge in [0.2, 0.25) is 0 Å². The standard InChI is InChI=1S/C13H15F3N2O/c14-9-2-1-8(10(15)11(9)16)12(19)18-7-13(3-4-13)5-6-17/h1-2H,3-7,17H2,(H,18,19). The van der Waals surface area contributed by atoms with Gasteiger partial charge in [-0.05, 0) is 43.4 Å². The van der Waals surface area contributed by atoms with Gasteiger partial charge < -0.3 is 11.1 Å². The molecule has 3 N–H and O–H groups in total. The van der Waals surface area contributed by atoms with E-state index in [4.69, 9.17) is 5.73 Å². The Kier molecular flexibility index (Phi) is 3.80. The van der Waals surface area contributed by atoms with Crippen LogP contribution in [0.15, 0.2) is 12.1 Å². The molecule has 2 rings (SSSR count). The van der Waals surface area contributed by atoms with Crippen LogP contribution in [0.3, 0.4) is 0 Å². The van der Waals surface area contributed by atoms with Crippen LogP contribution >= 0.6 is 0 Å². The SMILES string of the molecule is NCCC1(CNC(=O)c2ccc(F)c(F)c2F)CC1. The van der Waals surface area contributed by atoms with Gasteiger partial charge in [-0.2, -0.15) is 0 Å². The Hall–Kier alpha value is -1.56. The second-order valence-corrected chi connectivity index (χ2v) is 4.94. The number of rotatable bonds is 5. The second-order valence-electron chi connectivity index (χ2n) is 4.94. The van der Waals surface area contributed by atoms with Crippen molar-refractivity contribution in [3.8, 4) is 0 Å². The topological polar surface area (TPSA) is 55.1 Å². The average molecular weight is 272 g/mol. The Morgan fingerprint density at radius 2 is 1.95 bits per heavy atom. The van der Waals surface area contributed by atoms with E-state index < -0.39 is 28.9 Å². The van der Waals surface area contributed by atoms with Crippen molar-refractivity contribution < 1.29 is 18.0 Å². The van der Waals surface area contributed by atoms with Gasteiger partial charge >= 0.3 is 0 Å². The highest BCUT2D eigenvalue weighted by molar-refractivity contribution is 5.94. The third-order valence-corrected chi connectivity index (χ3v) is 3.54. The zero-order chi connectivity index (χ0) is 14.0. The largest absolute Gasteiger partial charge is 0.351 e. The van der Waals surface area contributed by atoms with E-state index in [1.807, 2.05) is 0 Å². The number of nitrogens with one attached hydrogen (secondary N) is 1. The molecule has 0 heterocycles. The molecule has 19 heavy (non-hydrogen) atoms. The molecule has 1 aromatic rings. The number of amides is 1. The number of nitrogens with two attached hydrogens (primary N) is 1. The van der Waals surface area contributed by atoms with Gasteiger partial charge in [-0.3, -0.25) is 4.79 Å². The molecule has 0 atom stereocenters. The predicted octanol–water partition coefficient (Wildman–Crippen LogP) is 1.96. The highest BCUT2D eigenvalue weighted by atomic mass is 19.2. The summed E-state index contributed by atoms with van der Waals surface area (Å²) in [5.74, 6) is -5.13. The van der Waals surface area contributed by atoms with Crippen LogP contribution in [0, 0.1) is 22.9 Å². The molecule has 1 fully saturated rings. The summed E-state index contributed by atoms with van der Waals surface area (Å²) in [4.78, 5) is 11.7. The van der Waals surface area contributed by atoms with E-state index in [9.17, 15) is 18.0 Å². The fourth-order valence-corrected chi connectivity index (χ4v) is 2.06. The number of carbonyl (C=O) groups is 1. The molecule has 104 valence electrons. The van der Waals surface area contributed by atoms with Gasteiger partial charge in [-0.25, -0.2) is 13.2 Å². The first-order valence-corrected chi connectivity index (χ1v) is 6.11. The zero-order valence-corrected chi connectivity index (χ0v) is 10.3. The van der Waals surface area contributed by atoms with Crippen molar-refractivity contribution in [3.63, 3.8) is 0 Å². The summed E-state index contributed by atoms with van der Waals surface area (Å²) in [5, 5.41) is 2.55. The van der Waals surface area contributed by atoms with E-state index in [1.54, 1.807) is 0 Å². The molecule has 0 aromatic heterocycles. The maximum Gasteiger partial charge on any atom is 0.254 e. The molecule has 0 unspecified atom stereocenters. The van der Waals surface area contributed by atoms with Crippen LogP contribution in [0.2, 0.25) is 0 Å². The molecule has 6 heteroatoms. The fourth-order valence-electron chi connectivity index (χ4n) is 2.06. The maximum absolute atomic E-state index is 13.4. The summed E-state index contributed by atoms with van der Waals surface area (Å²) in [6.45, 7) is 0.900. The summed E-state index contributed by atoms with van der Waals surface area (Å²) in [6.07, 6.45) is 2.71. The number of benzene rings is 1. The van der Waals surface area contributed by atoms with Crippen LogP contribution in [0.4, 0.5) is 13.2 Å². The van der Waals surface area contributed by atoms with Crippen LogP contribution in [-0.2, 0) is 0 Å². The first-order valence-electron chi connectivity index (χ1n) is 6.11. The number of carbonyl (C=O) groups excluding carboxylic acids is 1. The van der Waals surface area contributed by atoms with E-state index in [1.165, 1.54) is 0 Å². The van der Waals surface area contributed by atoms with Crippen molar-refractivity contribution in [2.24, 2.45) is 11.1 Å². The Morgan fingerprint density at radius 1 is 1.26 bits per heavy atom. The highest BCUT2D eigenvalue weighted by Gasteiger charge is 2.41. The number of hydrogen-bond acceptors (Lipinski definition) is 2. The third kappa shape index (κ3) is 2.89. The molecule has 0 radical (unpaired) electrons. The van der Waals surface area contributed by atoms with Gasteiger partial charge in [0.1, 0.15) is 0 Å². The van der Waals surface area contributed by atoms with Crippen LogP contribution in [-0.4, -0.2) is 19.0 Å². The molecule has 1 aromatic carbocycles. The summed E-state index contributed by atoms with van der Waals surface area (Å²) < 4.78 is 39.2. The molecule has 1 aliphatic rings. The Balaban J connectivity index is 2.03. The molecular formula is C13H15F3N2O. The minimum atomic E-state index is -1.63. The highest BCUT2D eigenvalue weighted by Crippen LogP contribution is 2.47. The lowest BCUT2D eigenvalue weighted by atomic mass is 10.0. The normalized spacial score (nSPS) is 16.2. The molecule has 1 saturated carbocycles. The van der Waals surface area contributed by atoms with Crippen LogP contribution < -0.4 is 11.1 Å². The number of hydrogen-bond donors (Lipinski definition) is 2. The Morgan fingerprint density at radius 3 is 2.53 bits per heavy atom. The van der Waals surface area contributed by atoms with Crippen molar-refractivity contribution >= 4 is 5.91 Å². The molecule has 0 saturated heterocycles. The van der Waals surface area contributed by atoms with Gasteiger partial charge in [0.25, 0.3) is 5.91 Å². The summed E-state index contributed by atoms with van der Waals surface area (Å²) >= 11 is 0. The van der Waals surface area contributed by atoms with E-state index >= 15 is 0 Å². The van der Waals surface area contributed by atoms with Gasteiger partial charge in [0, 0.05) is 6.54 Å². The third-order valence-electron chi connectivity index (χ3n) is 3.54.